The predicted octanol–water partition coefficient (Wildman–Crippen LogP) is 2.74. The Morgan fingerprint density at radius 1 is 1.44 bits per heavy atom. The number of amides is 1. The van der Waals surface area contributed by atoms with Gasteiger partial charge >= 0.3 is 0 Å². The Balaban J connectivity index is 1.89. The smallest absolute Gasteiger partial charge is 0.251 e. The Labute approximate surface area is 109 Å². The first-order chi connectivity index (χ1) is 8.56. The van der Waals surface area contributed by atoms with Gasteiger partial charge in [-0.2, -0.15) is 0 Å². The van der Waals surface area contributed by atoms with Gasteiger partial charge in [-0.25, -0.2) is 0 Å². The van der Waals surface area contributed by atoms with E-state index in [0.29, 0.717) is 17.2 Å². The minimum Gasteiger partial charge on any atom is -0.398 e. The molecule has 0 radical (unpaired) electrons. The van der Waals surface area contributed by atoms with Crippen molar-refractivity contribution in [2.75, 3.05) is 12.3 Å². The average Bonchev–Trinajstić information content (AvgIpc) is 2.75. The van der Waals surface area contributed by atoms with Gasteiger partial charge in [0, 0.05) is 17.8 Å². The van der Waals surface area contributed by atoms with Crippen molar-refractivity contribution in [2.45, 2.75) is 33.1 Å². The lowest BCUT2D eigenvalue weighted by Gasteiger charge is -2.11. The van der Waals surface area contributed by atoms with Gasteiger partial charge in [-0.3, -0.25) is 4.79 Å². The lowest BCUT2D eigenvalue weighted by molar-refractivity contribution is 0.0947. The van der Waals surface area contributed by atoms with E-state index in [-0.39, 0.29) is 5.91 Å². The number of rotatable bonds is 3. The van der Waals surface area contributed by atoms with E-state index in [1.54, 1.807) is 6.07 Å². The normalized spacial score (nSPS) is 23.0. The van der Waals surface area contributed by atoms with Crippen LogP contribution in [0.3, 0.4) is 0 Å². The van der Waals surface area contributed by atoms with E-state index in [1.165, 1.54) is 19.3 Å². The maximum absolute atomic E-state index is 12.0. The summed E-state index contributed by atoms with van der Waals surface area (Å²) in [5, 5.41) is 3.01. The second-order valence-corrected chi connectivity index (χ2v) is 5.57. The van der Waals surface area contributed by atoms with E-state index in [9.17, 15) is 4.79 Å². The van der Waals surface area contributed by atoms with Crippen LogP contribution in [-0.2, 0) is 0 Å². The number of nitrogens with two attached hydrogens (primary N) is 1. The lowest BCUT2D eigenvalue weighted by Crippen LogP contribution is -2.28. The van der Waals surface area contributed by atoms with Crippen LogP contribution in [-0.4, -0.2) is 12.5 Å². The third kappa shape index (κ3) is 3.03. The van der Waals surface area contributed by atoms with Gasteiger partial charge in [0.05, 0.1) is 0 Å². The Hall–Kier alpha value is -1.51. The van der Waals surface area contributed by atoms with E-state index in [2.05, 4.69) is 12.2 Å². The molecule has 18 heavy (non-hydrogen) atoms. The summed E-state index contributed by atoms with van der Waals surface area (Å²) in [6, 6.07) is 5.47. The van der Waals surface area contributed by atoms with Gasteiger partial charge in [0.25, 0.3) is 5.91 Å². The molecule has 98 valence electrons. The highest BCUT2D eigenvalue weighted by atomic mass is 16.1. The number of nitrogen functional groups attached to an aromatic ring is 1. The van der Waals surface area contributed by atoms with Crippen molar-refractivity contribution in [3.8, 4) is 0 Å². The highest BCUT2D eigenvalue weighted by molar-refractivity contribution is 5.95. The highest BCUT2D eigenvalue weighted by Crippen LogP contribution is 2.29. The summed E-state index contributed by atoms with van der Waals surface area (Å²) >= 11 is 0. The van der Waals surface area contributed by atoms with E-state index in [4.69, 9.17) is 5.73 Å². The van der Waals surface area contributed by atoms with E-state index < -0.39 is 0 Å². The molecule has 1 aromatic carbocycles. The maximum Gasteiger partial charge on any atom is 0.251 e. The molecule has 3 N–H and O–H groups in total. The zero-order valence-corrected chi connectivity index (χ0v) is 11.2. The van der Waals surface area contributed by atoms with Crippen LogP contribution in [0.25, 0.3) is 0 Å². The fraction of sp³-hybridized carbons (Fsp3) is 0.533. The molecule has 2 unspecified atom stereocenters. The molecule has 0 saturated heterocycles. The molecule has 0 bridgehead atoms. The van der Waals surface area contributed by atoms with Crippen molar-refractivity contribution in [1.29, 1.82) is 0 Å². The second-order valence-electron chi connectivity index (χ2n) is 5.57. The van der Waals surface area contributed by atoms with Gasteiger partial charge in [0.2, 0.25) is 0 Å². The minimum absolute atomic E-state index is 0.0127. The van der Waals surface area contributed by atoms with E-state index >= 15 is 0 Å². The summed E-state index contributed by atoms with van der Waals surface area (Å²) in [5.74, 6) is 1.44. The van der Waals surface area contributed by atoms with Gasteiger partial charge in [0.1, 0.15) is 0 Å². The number of hydrogen-bond donors (Lipinski definition) is 2. The maximum atomic E-state index is 12.0. The third-order valence-electron chi connectivity index (χ3n) is 3.90. The number of nitrogens with one attached hydrogen (secondary N) is 1. The first kappa shape index (κ1) is 12.9. The molecule has 3 nitrogen and oxygen atoms in total. The Kier molecular flexibility index (Phi) is 3.90. The molecule has 1 amide bonds. The summed E-state index contributed by atoms with van der Waals surface area (Å²) in [4.78, 5) is 12.0. The molecule has 3 heteroatoms. The number of anilines is 1. The van der Waals surface area contributed by atoms with Crippen molar-refractivity contribution >= 4 is 11.6 Å². The van der Waals surface area contributed by atoms with Crippen LogP contribution in [0.5, 0.6) is 0 Å². The fourth-order valence-corrected chi connectivity index (χ4v) is 2.63. The van der Waals surface area contributed by atoms with Crippen LogP contribution >= 0.6 is 0 Å². The first-order valence-corrected chi connectivity index (χ1v) is 6.70. The van der Waals surface area contributed by atoms with Crippen molar-refractivity contribution in [3.05, 3.63) is 29.3 Å². The molecule has 1 fully saturated rings. The number of benzene rings is 1. The molecule has 1 aliphatic carbocycles. The Morgan fingerprint density at radius 2 is 2.22 bits per heavy atom. The summed E-state index contributed by atoms with van der Waals surface area (Å²) < 4.78 is 0. The molecular weight excluding hydrogens is 224 g/mol. The molecule has 0 heterocycles. The number of carbonyl (C=O) groups is 1. The largest absolute Gasteiger partial charge is 0.398 e. The zero-order valence-electron chi connectivity index (χ0n) is 11.2. The monoisotopic (exact) mass is 246 g/mol. The predicted molar refractivity (Wildman–Crippen MR) is 74.4 cm³/mol. The van der Waals surface area contributed by atoms with Crippen molar-refractivity contribution < 1.29 is 4.79 Å². The van der Waals surface area contributed by atoms with Crippen molar-refractivity contribution in [3.63, 3.8) is 0 Å². The Morgan fingerprint density at radius 3 is 2.83 bits per heavy atom. The van der Waals surface area contributed by atoms with Crippen LogP contribution in [0.4, 0.5) is 5.69 Å². The molecule has 2 rings (SSSR count). The van der Waals surface area contributed by atoms with Crippen molar-refractivity contribution in [2.24, 2.45) is 11.8 Å². The van der Waals surface area contributed by atoms with Crippen LogP contribution in [0, 0.1) is 18.8 Å². The molecule has 1 saturated carbocycles. The Bertz CT molecular complexity index is 442. The minimum atomic E-state index is -0.0127. The van der Waals surface area contributed by atoms with Crippen LogP contribution in [0.1, 0.15) is 42.1 Å². The topological polar surface area (TPSA) is 55.1 Å². The highest BCUT2D eigenvalue weighted by Gasteiger charge is 2.21. The first-order valence-electron chi connectivity index (χ1n) is 6.70. The fourth-order valence-electron chi connectivity index (χ4n) is 2.63. The molecule has 0 aromatic heterocycles. The summed E-state index contributed by atoms with van der Waals surface area (Å²) in [6.45, 7) is 5.01. The molecule has 1 aromatic rings. The third-order valence-corrected chi connectivity index (χ3v) is 3.90. The SMILES string of the molecule is Cc1ccc(C(=O)NCC2CCC(C)C2)cc1N. The molecule has 2 atom stereocenters. The summed E-state index contributed by atoms with van der Waals surface area (Å²) in [7, 11) is 0. The molecular formula is C15H22N2O. The van der Waals surface area contributed by atoms with Crippen LogP contribution in [0.2, 0.25) is 0 Å². The number of aryl methyl sites for hydroxylation is 1. The summed E-state index contributed by atoms with van der Waals surface area (Å²) in [6.07, 6.45) is 3.76. The van der Waals surface area contributed by atoms with Gasteiger partial charge < -0.3 is 11.1 Å². The molecule has 0 aliphatic heterocycles. The molecule has 1 aliphatic rings. The van der Waals surface area contributed by atoms with E-state index in [1.807, 2.05) is 19.1 Å². The standard InChI is InChI=1S/C15H22N2O/c1-10-3-5-12(7-10)9-17-15(18)13-6-4-11(2)14(16)8-13/h4,6,8,10,12H,3,5,7,9,16H2,1-2H3,(H,17,18). The summed E-state index contributed by atoms with van der Waals surface area (Å²) in [5.41, 5.74) is 8.16. The quantitative estimate of drug-likeness (QED) is 0.806. The van der Waals surface area contributed by atoms with Gasteiger partial charge in [-0.1, -0.05) is 19.4 Å². The van der Waals surface area contributed by atoms with Gasteiger partial charge in [-0.15, -0.1) is 0 Å². The van der Waals surface area contributed by atoms with E-state index in [0.717, 1.165) is 18.0 Å². The van der Waals surface area contributed by atoms with Gasteiger partial charge in [0.15, 0.2) is 0 Å². The second kappa shape index (κ2) is 5.42. The van der Waals surface area contributed by atoms with Crippen LogP contribution in [0.15, 0.2) is 18.2 Å². The lowest BCUT2D eigenvalue weighted by atomic mass is 10.1. The van der Waals surface area contributed by atoms with Crippen LogP contribution < -0.4 is 11.1 Å². The molecule has 0 spiro atoms. The average molecular weight is 246 g/mol. The number of carbonyl (C=O) groups excluding carboxylic acids is 1. The number of hydrogen-bond acceptors (Lipinski definition) is 2. The zero-order chi connectivity index (χ0) is 13.1. The van der Waals surface area contributed by atoms with Crippen molar-refractivity contribution in [1.82, 2.24) is 5.32 Å². The van der Waals surface area contributed by atoms with Gasteiger partial charge in [-0.05, 0) is 49.3 Å².